The third kappa shape index (κ3) is 3.17. The molecule has 4 heteroatoms. The highest BCUT2D eigenvalue weighted by Gasteiger charge is 2.16. The highest BCUT2D eigenvalue weighted by Crippen LogP contribution is 2.11. The Bertz CT molecular complexity index is 389. The van der Waals surface area contributed by atoms with Gasteiger partial charge in [0.25, 0.3) is 0 Å². The van der Waals surface area contributed by atoms with Crippen molar-refractivity contribution in [1.82, 2.24) is 15.2 Å². The van der Waals surface area contributed by atoms with Gasteiger partial charge in [0.15, 0.2) is 5.78 Å². The van der Waals surface area contributed by atoms with E-state index in [0.29, 0.717) is 6.54 Å². The number of hydrogen-bond acceptors (Lipinski definition) is 3. The number of carbonyl (C=O) groups is 1. The van der Waals surface area contributed by atoms with E-state index < -0.39 is 0 Å². The highest BCUT2D eigenvalue weighted by molar-refractivity contribution is 5.98. The summed E-state index contributed by atoms with van der Waals surface area (Å²) in [6.45, 7) is 8.52. The number of nitrogens with zero attached hydrogens (tertiary/aromatic N) is 1. The Kier molecular flexibility index (Phi) is 3.97. The zero-order valence-electron chi connectivity index (χ0n) is 10.7. The first kappa shape index (κ1) is 12.3. The van der Waals surface area contributed by atoms with E-state index in [1.54, 1.807) is 0 Å². The average molecular weight is 235 g/mol. The van der Waals surface area contributed by atoms with Crippen molar-refractivity contribution >= 4 is 5.78 Å². The molecule has 2 heterocycles. The first-order chi connectivity index (χ1) is 8.16. The number of nitrogens with one attached hydrogen (secondary N) is 2. The quantitative estimate of drug-likeness (QED) is 0.772. The SMILES string of the molecule is Cc1cc(C(=O)CN2CCCNCC2)c(C)[nH]1. The first-order valence-corrected chi connectivity index (χ1v) is 6.29. The van der Waals surface area contributed by atoms with Gasteiger partial charge in [0.1, 0.15) is 0 Å². The largest absolute Gasteiger partial charge is 0.362 e. The van der Waals surface area contributed by atoms with Crippen molar-refractivity contribution in [3.05, 3.63) is 23.0 Å². The van der Waals surface area contributed by atoms with Crippen LogP contribution < -0.4 is 5.32 Å². The topological polar surface area (TPSA) is 48.1 Å². The fraction of sp³-hybridized carbons (Fsp3) is 0.615. The number of aromatic nitrogens is 1. The van der Waals surface area contributed by atoms with Crippen LogP contribution in [0.1, 0.15) is 28.2 Å². The van der Waals surface area contributed by atoms with Crippen molar-refractivity contribution in [3.63, 3.8) is 0 Å². The normalized spacial score (nSPS) is 18.0. The molecular weight excluding hydrogens is 214 g/mol. The van der Waals surface area contributed by atoms with Crippen molar-refractivity contribution < 1.29 is 4.79 Å². The van der Waals surface area contributed by atoms with E-state index >= 15 is 0 Å². The lowest BCUT2D eigenvalue weighted by atomic mass is 10.1. The van der Waals surface area contributed by atoms with Crippen molar-refractivity contribution in [2.75, 3.05) is 32.7 Å². The van der Waals surface area contributed by atoms with Crippen LogP contribution in [0.25, 0.3) is 0 Å². The molecule has 0 atom stereocenters. The molecule has 1 fully saturated rings. The number of aryl methyl sites for hydroxylation is 2. The summed E-state index contributed by atoms with van der Waals surface area (Å²) in [5.41, 5.74) is 2.89. The molecule has 0 radical (unpaired) electrons. The molecule has 17 heavy (non-hydrogen) atoms. The van der Waals surface area contributed by atoms with Gasteiger partial charge in [-0.15, -0.1) is 0 Å². The van der Waals surface area contributed by atoms with Gasteiger partial charge in [-0.25, -0.2) is 0 Å². The Morgan fingerprint density at radius 3 is 2.88 bits per heavy atom. The zero-order valence-corrected chi connectivity index (χ0v) is 10.7. The van der Waals surface area contributed by atoms with Gasteiger partial charge in [0.2, 0.25) is 0 Å². The van der Waals surface area contributed by atoms with Crippen molar-refractivity contribution in [2.24, 2.45) is 0 Å². The maximum atomic E-state index is 12.2. The number of Topliss-reactive ketones (excluding diaryl/α,β-unsaturated/α-hetero) is 1. The van der Waals surface area contributed by atoms with Gasteiger partial charge in [0, 0.05) is 30.0 Å². The second kappa shape index (κ2) is 5.47. The molecule has 1 saturated heterocycles. The number of aromatic amines is 1. The van der Waals surface area contributed by atoms with E-state index in [1.165, 1.54) is 0 Å². The van der Waals surface area contributed by atoms with Crippen molar-refractivity contribution in [2.45, 2.75) is 20.3 Å². The first-order valence-electron chi connectivity index (χ1n) is 6.29. The van der Waals surface area contributed by atoms with Gasteiger partial charge in [-0.2, -0.15) is 0 Å². The monoisotopic (exact) mass is 235 g/mol. The second-order valence-electron chi connectivity index (χ2n) is 4.79. The summed E-state index contributed by atoms with van der Waals surface area (Å²) in [6.07, 6.45) is 1.12. The lowest BCUT2D eigenvalue weighted by Gasteiger charge is -2.18. The smallest absolute Gasteiger partial charge is 0.178 e. The molecule has 0 bridgehead atoms. The van der Waals surface area contributed by atoms with Gasteiger partial charge in [-0.05, 0) is 39.4 Å². The van der Waals surface area contributed by atoms with E-state index in [4.69, 9.17) is 0 Å². The molecule has 4 nitrogen and oxygen atoms in total. The van der Waals surface area contributed by atoms with E-state index in [0.717, 1.165) is 49.6 Å². The average Bonchev–Trinajstić information content (AvgIpc) is 2.51. The Balaban J connectivity index is 1.98. The number of rotatable bonds is 3. The van der Waals surface area contributed by atoms with E-state index in [-0.39, 0.29) is 5.78 Å². The fourth-order valence-electron chi connectivity index (χ4n) is 2.36. The molecule has 1 aliphatic rings. The van der Waals surface area contributed by atoms with Crippen LogP contribution in [0.5, 0.6) is 0 Å². The molecule has 0 aliphatic carbocycles. The summed E-state index contributed by atoms with van der Waals surface area (Å²) in [5, 5.41) is 3.35. The molecule has 2 N–H and O–H groups in total. The minimum atomic E-state index is 0.230. The molecular formula is C13H21N3O. The number of H-pyrrole nitrogens is 1. The molecule has 1 aliphatic heterocycles. The lowest BCUT2D eigenvalue weighted by Crippen LogP contribution is -2.33. The third-order valence-corrected chi connectivity index (χ3v) is 3.25. The summed E-state index contributed by atoms with van der Waals surface area (Å²) < 4.78 is 0. The van der Waals surface area contributed by atoms with Gasteiger partial charge >= 0.3 is 0 Å². The summed E-state index contributed by atoms with van der Waals surface area (Å²) in [7, 11) is 0. The van der Waals surface area contributed by atoms with Crippen LogP contribution >= 0.6 is 0 Å². The summed E-state index contributed by atoms with van der Waals surface area (Å²) in [5.74, 6) is 0.230. The molecule has 0 unspecified atom stereocenters. The van der Waals surface area contributed by atoms with Crippen molar-refractivity contribution in [1.29, 1.82) is 0 Å². The van der Waals surface area contributed by atoms with Crippen molar-refractivity contribution in [3.8, 4) is 0 Å². The minimum Gasteiger partial charge on any atom is -0.362 e. The molecule has 1 aromatic rings. The predicted octanol–water partition coefficient (Wildman–Crippen LogP) is 1.11. The standard InChI is InChI=1S/C13H21N3O/c1-10-8-12(11(2)15-10)13(17)9-16-6-3-4-14-5-7-16/h8,14-15H,3-7,9H2,1-2H3. The molecule has 94 valence electrons. The van der Waals surface area contributed by atoms with E-state index in [1.807, 2.05) is 19.9 Å². The minimum absolute atomic E-state index is 0.230. The van der Waals surface area contributed by atoms with Gasteiger partial charge in [0.05, 0.1) is 6.54 Å². The number of ketones is 1. The maximum Gasteiger partial charge on any atom is 0.178 e. The van der Waals surface area contributed by atoms with Gasteiger partial charge < -0.3 is 10.3 Å². The second-order valence-corrected chi connectivity index (χ2v) is 4.79. The van der Waals surface area contributed by atoms with Gasteiger partial charge in [-0.3, -0.25) is 9.69 Å². The predicted molar refractivity (Wildman–Crippen MR) is 68.5 cm³/mol. The Hall–Kier alpha value is -1.13. The van der Waals surface area contributed by atoms with Crippen LogP contribution in [0.2, 0.25) is 0 Å². The van der Waals surface area contributed by atoms with Crippen LogP contribution in [0, 0.1) is 13.8 Å². The molecule has 0 saturated carbocycles. The van der Waals surface area contributed by atoms with Crippen LogP contribution in [0.15, 0.2) is 6.07 Å². The number of carbonyl (C=O) groups excluding carboxylic acids is 1. The fourth-order valence-corrected chi connectivity index (χ4v) is 2.36. The Morgan fingerprint density at radius 2 is 2.18 bits per heavy atom. The summed E-state index contributed by atoms with van der Waals surface area (Å²) in [4.78, 5) is 17.6. The van der Waals surface area contributed by atoms with Crippen LogP contribution in [-0.4, -0.2) is 48.4 Å². The van der Waals surface area contributed by atoms with Gasteiger partial charge in [-0.1, -0.05) is 0 Å². The van der Waals surface area contributed by atoms with Crippen LogP contribution in [-0.2, 0) is 0 Å². The van der Waals surface area contributed by atoms with Crippen LogP contribution in [0.4, 0.5) is 0 Å². The third-order valence-electron chi connectivity index (χ3n) is 3.25. The summed E-state index contributed by atoms with van der Waals surface area (Å²) in [6, 6.07) is 1.95. The molecule has 1 aromatic heterocycles. The Morgan fingerprint density at radius 1 is 1.35 bits per heavy atom. The van der Waals surface area contributed by atoms with E-state index in [9.17, 15) is 4.79 Å². The van der Waals surface area contributed by atoms with Crippen LogP contribution in [0.3, 0.4) is 0 Å². The lowest BCUT2D eigenvalue weighted by molar-refractivity contribution is 0.0934. The molecule has 0 aromatic carbocycles. The Labute approximate surface area is 102 Å². The maximum absolute atomic E-state index is 12.2. The highest BCUT2D eigenvalue weighted by atomic mass is 16.1. The zero-order chi connectivity index (χ0) is 12.3. The summed E-state index contributed by atoms with van der Waals surface area (Å²) >= 11 is 0. The number of hydrogen-bond donors (Lipinski definition) is 2. The molecule has 0 spiro atoms. The molecule has 2 rings (SSSR count). The van der Waals surface area contributed by atoms with E-state index in [2.05, 4.69) is 15.2 Å². The molecule has 0 amide bonds.